The monoisotopic (exact) mass is 271 g/mol. The predicted octanol–water partition coefficient (Wildman–Crippen LogP) is 2.05. The minimum Gasteiger partial charge on any atom is -0.444 e. The van der Waals surface area contributed by atoms with Crippen LogP contribution in [0, 0.1) is 5.92 Å². The van der Waals surface area contributed by atoms with Gasteiger partial charge in [0.05, 0.1) is 25.9 Å². The largest absolute Gasteiger partial charge is 0.444 e. The Hall–Kier alpha value is -0.810. The van der Waals surface area contributed by atoms with Gasteiger partial charge in [-0.25, -0.2) is 4.79 Å². The van der Waals surface area contributed by atoms with E-state index in [9.17, 15) is 4.79 Å². The highest BCUT2D eigenvalue weighted by Crippen LogP contribution is 2.28. The molecule has 0 radical (unpaired) electrons. The smallest absolute Gasteiger partial charge is 0.410 e. The van der Waals surface area contributed by atoms with Crippen molar-refractivity contribution in [3.63, 3.8) is 0 Å². The van der Waals surface area contributed by atoms with E-state index in [1.165, 1.54) is 12.8 Å². The number of hydrogen-bond donors (Lipinski definition) is 0. The summed E-state index contributed by atoms with van der Waals surface area (Å²) < 4.78 is 16.6. The Balaban J connectivity index is 1.70. The lowest BCUT2D eigenvalue weighted by molar-refractivity contribution is -0.0735. The summed E-state index contributed by atoms with van der Waals surface area (Å²) in [6.07, 6.45) is 2.29. The highest BCUT2D eigenvalue weighted by atomic mass is 16.6. The fourth-order valence-electron chi connectivity index (χ4n) is 1.96. The molecule has 0 aromatic carbocycles. The Bertz CT molecular complexity index is 309. The molecule has 5 heteroatoms. The molecule has 110 valence electrons. The first-order valence-corrected chi connectivity index (χ1v) is 7.11. The molecule has 19 heavy (non-hydrogen) atoms. The molecule has 1 amide bonds. The average molecular weight is 271 g/mol. The molecule has 1 atom stereocenters. The van der Waals surface area contributed by atoms with Gasteiger partial charge in [-0.3, -0.25) is 0 Å². The number of carbonyl (C=O) groups is 1. The Labute approximate surface area is 115 Å². The molecule has 0 aromatic rings. The quantitative estimate of drug-likeness (QED) is 0.785. The lowest BCUT2D eigenvalue weighted by Gasteiger charge is -2.34. The van der Waals surface area contributed by atoms with E-state index in [2.05, 4.69) is 0 Å². The molecule has 1 aliphatic carbocycles. The summed E-state index contributed by atoms with van der Waals surface area (Å²) in [4.78, 5) is 13.7. The molecule has 1 saturated heterocycles. The van der Waals surface area contributed by atoms with Crippen LogP contribution >= 0.6 is 0 Å². The van der Waals surface area contributed by atoms with Crippen LogP contribution < -0.4 is 0 Å². The normalized spacial score (nSPS) is 24.4. The molecular formula is C14H25NO4. The number of hydrogen-bond acceptors (Lipinski definition) is 4. The third kappa shape index (κ3) is 5.37. The molecule has 0 N–H and O–H groups in total. The summed E-state index contributed by atoms with van der Waals surface area (Å²) in [6.45, 7) is 8.72. The van der Waals surface area contributed by atoms with Crippen molar-refractivity contribution in [3.8, 4) is 0 Å². The molecule has 1 aliphatic heterocycles. The Kier molecular flexibility index (Phi) is 4.68. The van der Waals surface area contributed by atoms with Gasteiger partial charge in [0, 0.05) is 13.2 Å². The second kappa shape index (κ2) is 6.09. The van der Waals surface area contributed by atoms with Crippen molar-refractivity contribution < 1.29 is 19.0 Å². The second-order valence-electron chi connectivity index (χ2n) is 6.40. The van der Waals surface area contributed by atoms with Crippen molar-refractivity contribution in [2.45, 2.75) is 45.3 Å². The topological polar surface area (TPSA) is 48.0 Å². The first-order chi connectivity index (χ1) is 8.94. The van der Waals surface area contributed by atoms with Crippen molar-refractivity contribution in [2.24, 2.45) is 5.92 Å². The van der Waals surface area contributed by atoms with Crippen LogP contribution in [0.4, 0.5) is 4.79 Å². The van der Waals surface area contributed by atoms with Gasteiger partial charge >= 0.3 is 6.09 Å². The number of rotatable bonds is 4. The third-order valence-corrected chi connectivity index (χ3v) is 3.14. The maximum absolute atomic E-state index is 12.0. The number of amides is 1. The second-order valence-corrected chi connectivity index (χ2v) is 6.40. The predicted molar refractivity (Wildman–Crippen MR) is 71.1 cm³/mol. The highest BCUT2D eigenvalue weighted by Gasteiger charge is 2.29. The molecular weight excluding hydrogens is 246 g/mol. The van der Waals surface area contributed by atoms with Crippen LogP contribution in [-0.4, -0.2) is 55.6 Å². The van der Waals surface area contributed by atoms with Crippen molar-refractivity contribution in [3.05, 3.63) is 0 Å². The average Bonchev–Trinajstić information content (AvgIpc) is 3.11. The lowest BCUT2D eigenvalue weighted by atomic mass is 10.2. The van der Waals surface area contributed by atoms with Gasteiger partial charge in [-0.05, 0) is 39.5 Å². The maximum atomic E-state index is 12.0. The Morgan fingerprint density at radius 3 is 2.68 bits per heavy atom. The van der Waals surface area contributed by atoms with Gasteiger partial charge in [0.25, 0.3) is 0 Å². The number of ether oxygens (including phenoxy) is 3. The summed E-state index contributed by atoms with van der Waals surface area (Å²) in [5.41, 5.74) is -0.451. The van der Waals surface area contributed by atoms with E-state index < -0.39 is 5.60 Å². The maximum Gasteiger partial charge on any atom is 0.410 e. The van der Waals surface area contributed by atoms with Crippen LogP contribution in [0.25, 0.3) is 0 Å². The van der Waals surface area contributed by atoms with Crippen molar-refractivity contribution in [2.75, 3.05) is 32.9 Å². The summed E-state index contributed by atoms with van der Waals surface area (Å²) >= 11 is 0. The van der Waals surface area contributed by atoms with E-state index in [0.29, 0.717) is 26.3 Å². The fraction of sp³-hybridized carbons (Fsp3) is 0.929. The van der Waals surface area contributed by atoms with E-state index in [1.807, 2.05) is 20.8 Å². The van der Waals surface area contributed by atoms with Gasteiger partial charge in [-0.15, -0.1) is 0 Å². The zero-order chi connectivity index (χ0) is 13.9. The Morgan fingerprint density at radius 1 is 1.32 bits per heavy atom. The lowest BCUT2D eigenvalue weighted by Crippen LogP contribution is -2.48. The van der Waals surface area contributed by atoms with Gasteiger partial charge in [0.1, 0.15) is 5.60 Å². The summed E-state index contributed by atoms with van der Waals surface area (Å²) in [7, 11) is 0. The first kappa shape index (κ1) is 14.6. The van der Waals surface area contributed by atoms with E-state index in [0.717, 1.165) is 12.5 Å². The van der Waals surface area contributed by atoms with Gasteiger partial charge in [-0.1, -0.05) is 0 Å². The van der Waals surface area contributed by atoms with E-state index in [4.69, 9.17) is 14.2 Å². The zero-order valence-corrected chi connectivity index (χ0v) is 12.2. The summed E-state index contributed by atoms with van der Waals surface area (Å²) in [5, 5.41) is 0. The molecule has 0 aromatic heterocycles. The fourth-order valence-corrected chi connectivity index (χ4v) is 1.96. The minimum absolute atomic E-state index is 0.0278. The van der Waals surface area contributed by atoms with E-state index >= 15 is 0 Å². The molecule has 1 heterocycles. The molecule has 0 bridgehead atoms. The van der Waals surface area contributed by atoms with E-state index in [1.54, 1.807) is 4.90 Å². The summed E-state index contributed by atoms with van der Waals surface area (Å²) in [6, 6.07) is 0. The molecule has 1 saturated carbocycles. The van der Waals surface area contributed by atoms with Gasteiger partial charge in [0.2, 0.25) is 0 Å². The van der Waals surface area contributed by atoms with Crippen molar-refractivity contribution in [1.82, 2.24) is 4.90 Å². The number of morpholine rings is 1. The van der Waals surface area contributed by atoms with Crippen molar-refractivity contribution in [1.29, 1.82) is 0 Å². The van der Waals surface area contributed by atoms with Crippen LogP contribution in [0.5, 0.6) is 0 Å². The molecule has 2 aliphatic rings. The molecule has 2 fully saturated rings. The third-order valence-electron chi connectivity index (χ3n) is 3.14. The zero-order valence-electron chi connectivity index (χ0n) is 12.2. The van der Waals surface area contributed by atoms with Crippen LogP contribution in [0.1, 0.15) is 33.6 Å². The van der Waals surface area contributed by atoms with Crippen LogP contribution in [-0.2, 0) is 14.2 Å². The molecule has 2 rings (SSSR count). The van der Waals surface area contributed by atoms with Gasteiger partial charge in [-0.2, -0.15) is 0 Å². The van der Waals surface area contributed by atoms with Crippen molar-refractivity contribution >= 4 is 6.09 Å². The minimum atomic E-state index is -0.451. The number of nitrogens with zero attached hydrogens (tertiary/aromatic N) is 1. The Morgan fingerprint density at radius 2 is 2.05 bits per heavy atom. The highest BCUT2D eigenvalue weighted by molar-refractivity contribution is 5.68. The van der Waals surface area contributed by atoms with Gasteiger partial charge in [0.15, 0.2) is 0 Å². The van der Waals surface area contributed by atoms with Crippen LogP contribution in [0.3, 0.4) is 0 Å². The molecule has 5 nitrogen and oxygen atoms in total. The molecule has 0 spiro atoms. The van der Waals surface area contributed by atoms with E-state index in [-0.39, 0.29) is 12.2 Å². The van der Waals surface area contributed by atoms with Gasteiger partial charge < -0.3 is 19.1 Å². The molecule has 0 unspecified atom stereocenters. The summed E-state index contributed by atoms with van der Waals surface area (Å²) in [5.74, 6) is 0.755. The SMILES string of the molecule is CC(C)(C)OC(=O)N1CCO[C@@H](COCC2CC2)C1. The van der Waals surface area contributed by atoms with Crippen LogP contribution in [0.15, 0.2) is 0 Å². The standard InChI is InChI=1S/C14H25NO4/c1-14(2,3)19-13(16)15-6-7-18-12(8-15)10-17-9-11-4-5-11/h11-12H,4-10H2,1-3H3/t12-/m1/s1. The first-order valence-electron chi connectivity index (χ1n) is 7.11. The van der Waals surface area contributed by atoms with Crippen LogP contribution in [0.2, 0.25) is 0 Å². The number of carbonyl (C=O) groups excluding carboxylic acids is 1.